The lowest BCUT2D eigenvalue weighted by Gasteiger charge is -2.12. The highest BCUT2D eigenvalue weighted by Gasteiger charge is 2.31. The first-order valence-electron chi connectivity index (χ1n) is 8.79. The van der Waals surface area contributed by atoms with Crippen LogP contribution in [0.25, 0.3) is 0 Å². The molecule has 0 bridgehead atoms. The zero-order valence-electron chi connectivity index (χ0n) is 15.8. The number of benzene rings is 1. The van der Waals surface area contributed by atoms with Crippen LogP contribution in [-0.2, 0) is 23.9 Å². The topological polar surface area (TPSA) is 64.3 Å². The fourth-order valence-electron chi connectivity index (χ4n) is 2.57. The molecule has 0 fully saturated rings. The fourth-order valence-corrected chi connectivity index (χ4v) is 2.81. The molecule has 1 aromatic carbocycles. The van der Waals surface area contributed by atoms with Gasteiger partial charge in [0.1, 0.15) is 0 Å². The zero-order valence-corrected chi connectivity index (χ0v) is 16.5. The molecule has 154 valence electrons. The molecule has 1 atom stereocenters. The van der Waals surface area contributed by atoms with Gasteiger partial charge in [0, 0.05) is 16.8 Å². The highest BCUT2D eigenvalue weighted by molar-refractivity contribution is 6.31. The molecule has 2 rings (SSSR count). The van der Waals surface area contributed by atoms with Gasteiger partial charge in [-0.05, 0) is 44.4 Å². The van der Waals surface area contributed by atoms with Crippen molar-refractivity contribution in [3.8, 4) is 5.88 Å². The Morgan fingerprint density at radius 3 is 2.50 bits per heavy atom. The summed E-state index contributed by atoms with van der Waals surface area (Å²) < 4.78 is 45.6. The van der Waals surface area contributed by atoms with Gasteiger partial charge < -0.3 is 9.84 Å². The summed E-state index contributed by atoms with van der Waals surface area (Å²) in [7, 11) is 0. The number of aliphatic carboxylic acids is 1. The molecule has 28 heavy (non-hydrogen) atoms. The fraction of sp³-hybridized carbons (Fsp3) is 0.474. The number of aromatic nitrogens is 2. The number of carboxylic acids is 1. The Bertz CT molecular complexity index is 834. The maximum Gasteiger partial charge on any atom is 0.416 e. The van der Waals surface area contributed by atoms with Crippen molar-refractivity contribution >= 4 is 17.6 Å². The number of nitrogens with zero attached hydrogens (tertiary/aromatic N) is 2. The Balaban J connectivity index is 2.27. The second-order valence-electron chi connectivity index (χ2n) is 6.88. The number of hydrogen-bond donors (Lipinski definition) is 1. The van der Waals surface area contributed by atoms with Gasteiger partial charge in [-0.15, -0.1) is 5.10 Å². The summed E-state index contributed by atoms with van der Waals surface area (Å²) >= 11 is 6.05. The van der Waals surface area contributed by atoms with Gasteiger partial charge in [-0.1, -0.05) is 24.6 Å². The van der Waals surface area contributed by atoms with Gasteiger partial charge in [0.25, 0.3) is 0 Å². The van der Waals surface area contributed by atoms with Crippen molar-refractivity contribution in [3.63, 3.8) is 0 Å². The van der Waals surface area contributed by atoms with E-state index < -0.39 is 23.6 Å². The van der Waals surface area contributed by atoms with E-state index in [1.54, 1.807) is 17.7 Å². The van der Waals surface area contributed by atoms with E-state index in [0.29, 0.717) is 24.3 Å². The second-order valence-corrected chi connectivity index (χ2v) is 7.29. The SMILES string of the molecule is CC(C)Oc1cc(CCC(C)C(=O)O)n(Cc2ccc(C(F)(F)F)cc2Cl)n1. The average molecular weight is 419 g/mol. The van der Waals surface area contributed by atoms with Crippen LogP contribution >= 0.6 is 11.6 Å². The maximum atomic E-state index is 12.8. The number of hydrogen-bond acceptors (Lipinski definition) is 3. The molecule has 0 radical (unpaired) electrons. The predicted molar refractivity (Wildman–Crippen MR) is 98.7 cm³/mol. The second kappa shape index (κ2) is 8.86. The molecule has 1 heterocycles. The van der Waals surface area contributed by atoms with Crippen molar-refractivity contribution in [1.82, 2.24) is 9.78 Å². The van der Waals surface area contributed by atoms with Crippen LogP contribution in [0, 0.1) is 5.92 Å². The van der Waals surface area contributed by atoms with Gasteiger partial charge in [-0.3, -0.25) is 9.48 Å². The van der Waals surface area contributed by atoms with Crippen LogP contribution in [0.5, 0.6) is 5.88 Å². The molecular formula is C19H22ClF3N2O3. The number of carboxylic acid groups (broad SMARTS) is 1. The number of halogens is 4. The molecule has 0 aliphatic rings. The highest BCUT2D eigenvalue weighted by Crippen LogP contribution is 2.32. The molecular weight excluding hydrogens is 397 g/mol. The number of rotatable bonds is 8. The van der Waals surface area contributed by atoms with Crippen LogP contribution in [0.2, 0.25) is 5.02 Å². The van der Waals surface area contributed by atoms with Crippen molar-refractivity contribution in [2.24, 2.45) is 5.92 Å². The number of aryl methyl sites for hydroxylation is 1. The van der Waals surface area contributed by atoms with Crippen molar-refractivity contribution in [1.29, 1.82) is 0 Å². The van der Waals surface area contributed by atoms with Gasteiger partial charge in [0.15, 0.2) is 0 Å². The molecule has 2 aromatic rings. The number of ether oxygens (including phenoxy) is 1. The van der Waals surface area contributed by atoms with E-state index in [9.17, 15) is 18.0 Å². The summed E-state index contributed by atoms with van der Waals surface area (Å²) in [5.74, 6) is -1.06. The molecule has 0 saturated carbocycles. The third-order valence-electron chi connectivity index (χ3n) is 4.15. The van der Waals surface area contributed by atoms with Gasteiger partial charge in [0.2, 0.25) is 5.88 Å². The molecule has 0 aliphatic carbocycles. The van der Waals surface area contributed by atoms with E-state index in [-0.39, 0.29) is 17.7 Å². The zero-order chi connectivity index (χ0) is 21.1. The molecule has 1 aromatic heterocycles. The van der Waals surface area contributed by atoms with Gasteiger partial charge in [-0.25, -0.2) is 0 Å². The van der Waals surface area contributed by atoms with Gasteiger partial charge >= 0.3 is 12.1 Å². The standard InChI is InChI=1S/C19H22ClF3N2O3/c1-11(2)28-17-9-15(7-4-12(3)18(26)27)25(24-17)10-13-5-6-14(8-16(13)20)19(21,22)23/h5-6,8-9,11-12H,4,7,10H2,1-3H3,(H,26,27). The highest BCUT2D eigenvalue weighted by atomic mass is 35.5. The van der Waals surface area contributed by atoms with Crippen LogP contribution in [0.3, 0.4) is 0 Å². The monoisotopic (exact) mass is 418 g/mol. The lowest BCUT2D eigenvalue weighted by molar-refractivity contribution is -0.141. The first kappa shape index (κ1) is 22.1. The first-order chi connectivity index (χ1) is 13.0. The van der Waals surface area contributed by atoms with Gasteiger partial charge in [-0.2, -0.15) is 13.2 Å². The lowest BCUT2D eigenvalue weighted by Crippen LogP contribution is -2.13. The molecule has 0 aliphatic heterocycles. The van der Waals surface area contributed by atoms with E-state index in [1.165, 1.54) is 6.07 Å². The number of alkyl halides is 3. The number of carbonyl (C=O) groups is 1. The molecule has 1 N–H and O–H groups in total. The normalized spacial score (nSPS) is 13.0. The summed E-state index contributed by atoms with van der Waals surface area (Å²) in [6, 6.07) is 4.90. The quantitative estimate of drug-likeness (QED) is 0.652. The molecule has 0 spiro atoms. The van der Waals surface area contributed by atoms with Crippen LogP contribution in [-0.4, -0.2) is 27.0 Å². The minimum atomic E-state index is -4.47. The molecule has 5 nitrogen and oxygen atoms in total. The molecule has 0 amide bonds. The van der Waals surface area contributed by atoms with E-state index in [2.05, 4.69) is 5.10 Å². The predicted octanol–water partition coefficient (Wildman–Crippen LogP) is 5.04. The minimum Gasteiger partial charge on any atom is -0.481 e. The Labute approximate surface area is 166 Å². The Kier molecular flexibility index (Phi) is 6.98. The van der Waals surface area contributed by atoms with E-state index in [0.717, 1.165) is 17.8 Å². The minimum absolute atomic E-state index is 0.0125. The van der Waals surface area contributed by atoms with E-state index >= 15 is 0 Å². The molecule has 1 unspecified atom stereocenters. The van der Waals surface area contributed by atoms with Gasteiger partial charge in [0.05, 0.1) is 24.1 Å². The van der Waals surface area contributed by atoms with Crippen LogP contribution in [0.1, 0.15) is 44.0 Å². The lowest BCUT2D eigenvalue weighted by atomic mass is 10.0. The Hall–Kier alpha value is -2.22. The average Bonchev–Trinajstić information content (AvgIpc) is 2.93. The third-order valence-corrected chi connectivity index (χ3v) is 4.50. The van der Waals surface area contributed by atoms with Crippen molar-refractivity contribution in [2.75, 3.05) is 0 Å². The summed E-state index contributed by atoms with van der Waals surface area (Å²) in [4.78, 5) is 11.0. The third kappa shape index (κ3) is 5.89. The smallest absolute Gasteiger partial charge is 0.416 e. The van der Waals surface area contributed by atoms with Crippen molar-refractivity contribution in [3.05, 3.63) is 46.1 Å². The van der Waals surface area contributed by atoms with E-state index in [4.69, 9.17) is 21.4 Å². The summed E-state index contributed by atoms with van der Waals surface area (Å²) in [5.41, 5.74) is 0.377. The first-order valence-corrected chi connectivity index (χ1v) is 9.17. The van der Waals surface area contributed by atoms with Crippen LogP contribution in [0.15, 0.2) is 24.3 Å². The van der Waals surface area contributed by atoms with Crippen LogP contribution in [0.4, 0.5) is 13.2 Å². The molecule has 0 saturated heterocycles. The summed E-state index contributed by atoms with van der Waals surface area (Å²) in [6.07, 6.45) is -3.75. The summed E-state index contributed by atoms with van der Waals surface area (Å²) in [6.45, 7) is 5.45. The maximum absolute atomic E-state index is 12.8. The van der Waals surface area contributed by atoms with Crippen LogP contribution < -0.4 is 4.74 Å². The Morgan fingerprint density at radius 1 is 1.29 bits per heavy atom. The Morgan fingerprint density at radius 2 is 1.96 bits per heavy atom. The summed E-state index contributed by atoms with van der Waals surface area (Å²) in [5, 5.41) is 13.4. The van der Waals surface area contributed by atoms with E-state index in [1.807, 2.05) is 13.8 Å². The van der Waals surface area contributed by atoms with Crippen molar-refractivity contribution < 1.29 is 27.8 Å². The molecule has 9 heteroatoms. The van der Waals surface area contributed by atoms with Crippen molar-refractivity contribution in [2.45, 2.75) is 52.4 Å². The largest absolute Gasteiger partial charge is 0.481 e.